The molecule has 1 atom stereocenters. The molecule has 0 spiro atoms. The average Bonchev–Trinajstić information content (AvgIpc) is 3.06. The number of pyridine rings is 1. The van der Waals surface area contributed by atoms with E-state index in [0.29, 0.717) is 25.2 Å². The van der Waals surface area contributed by atoms with Crippen LogP contribution in [0.25, 0.3) is 0 Å². The summed E-state index contributed by atoms with van der Waals surface area (Å²) in [7, 11) is 2.02. The molecule has 0 unspecified atom stereocenters. The van der Waals surface area contributed by atoms with Crippen molar-refractivity contribution in [3.63, 3.8) is 0 Å². The second-order valence-corrected chi connectivity index (χ2v) is 5.72. The molecule has 1 aliphatic heterocycles. The third-order valence-electron chi connectivity index (χ3n) is 4.12. The van der Waals surface area contributed by atoms with Gasteiger partial charge in [0, 0.05) is 43.8 Å². The van der Waals surface area contributed by atoms with Crippen LogP contribution in [0.4, 0.5) is 0 Å². The highest BCUT2D eigenvalue weighted by molar-refractivity contribution is 5.94. The molecule has 2 aromatic heterocycles. The van der Waals surface area contributed by atoms with Gasteiger partial charge in [0.2, 0.25) is 5.56 Å². The van der Waals surface area contributed by atoms with Crippen LogP contribution in [0.2, 0.25) is 0 Å². The molecule has 0 aliphatic carbocycles. The van der Waals surface area contributed by atoms with Crippen LogP contribution in [0, 0.1) is 0 Å². The normalized spacial score (nSPS) is 17.7. The van der Waals surface area contributed by atoms with Gasteiger partial charge < -0.3 is 9.88 Å². The fourth-order valence-electron chi connectivity index (χ4n) is 2.78. The minimum Gasteiger partial charge on any atom is -0.337 e. The first kappa shape index (κ1) is 15.4. The highest BCUT2D eigenvalue weighted by Crippen LogP contribution is 2.17. The Bertz CT molecular complexity index is 710. The first-order valence-electron chi connectivity index (χ1n) is 7.57. The highest BCUT2D eigenvalue weighted by Gasteiger charge is 2.29. The van der Waals surface area contributed by atoms with Gasteiger partial charge in [-0.15, -0.1) is 0 Å². The lowest BCUT2D eigenvalue weighted by molar-refractivity contribution is 0.0779. The van der Waals surface area contributed by atoms with Gasteiger partial charge in [-0.25, -0.2) is 9.97 Å². The van der Waals surface area contributed by atoms with Crippen molar-refractivity contribution in [1.29, 1.82) is 0 Å². The number of H-pyrrole nitrogens is 1. The lowest BCUT2D eigenvalue weighted by atomic mass is 10.2. The van der Waals surface area contributed by atoms with Gasteiger partial charge in [0.15, 0.2) is 0 Å². The van der Waals surface area contributed by atoms with E-state index < -0.39 is 0 Å². The summed E-state index contributed by atoms with van der Waals surface area (Å²) in [6, 6.07) is 5.02. The van der Waals surface area contributed by atoms with E-state index in [1.165, 1.54) is 12.3 Å². The van der Waals surface area contributed by atoms with Crippen molar-refractivity contribution in [2.75, 3.05) is 20.1 Å². The number of likely N-dealkylation sites (N-methyl/N-ethyl adjacent to an activating group) is 1. The standard InChI is InChI=1S/C16H19N5O2/c1-20(11-14-17-6-2-7-18-14)13-5-8-21(10-13)16(23)12-3-4-15(22)19-9-12/h2-4,6-7,9,13H,5,8,10-11H2,1H3,(H,19,22)/t13-/m0/s1. The first-order chi connectivity index (χ1) is 11.1. The Kier molecular flexibility index (Phi) is 4.47. The number of carbonyl (C=O) groups is 1. The fourth-order valence-corrected chi connectivity index (χ4v) is 2.78. The van der Waals surface area contributed by atoms with Gasteiger partial charge in [0.1, 0.15) is 5.82 Å². The molecule has 7 nitrogen and oxygen atoms in total. The van der Waals surface area contributed by atoms with Crippen LogP contribution in [0.5, 0.6) is 0 Å². The van der Waals surface area contributed by atoms with E-state index in [0.717, 1.165) is 12.2 Å². The number of carbonyl (C=O) groups excluding carboxylic acids is 1. The number of aromatic nitrogens is 3. The van der Waals surface area contributed by atoms with Gasteiger partial charge in [-0.2, -0.15) is 0 Å². The fraction of sp³-hybridized carbons (Fsp3) is 0.375. The maximum Gasteiger partial charge on any atom is 0.255 e. The molecular weight excluding hydrogens is 294 g/mol. The lowest BCUT2D eigenvalue weighted by Crippen LogP contribution is -2.36. The SMILES string of the molecule is CN(Cc1ncccn1)[C@H]1CCN(C(=O)c2ccc(=O)[nH]c2)C1. The number of aromatic amines is 1. The predicted octanol–water partition coefficient (Wildman–Crippen LogP) is 0.511. The maximum absolute atomic E-state index is 12.4. The van der Waals surface area contributed by atoms with Crippen molar-refractivity contribution < 1.29 is 4.79 Å². The van der Waals surface area contributed by atoms with Crippen LogP contribution >= 0.6 is 0 Å². The first-order valence-corrected chi connectivity index (χ1v) is 7.57. The van der Waals surface area contributed by atoms with Crippen molar-refractivity contribution in [3.05, 3.63) is 58.5 Å². The van der Waals surface area contributed by atoms with E-state index in [1.807, 2.05) is 11.9 Å². The van der Waals surface area contributed by atoms with E-state index in [9.17, 15) is 9.59 Å². The number of hydrogen-bond donors (Lipinski definition) is 1. The molecule has 0 saturated carbocycles. The Labute approximate surface area is 134 Å². The second kappa shape index (κ2) is 6.70. The summed E-state index contributed by atoms with van der Waals surface area (Å²) in [5.41, 5.74) is 0.308. The molecule has 1 saturated heterocycles. The number of likely N-dealkylation sites (tertiary alicyclic amines) is 1. The molecule has 1 fully saturated rings. The molecule has 0 radical (unpaired) electrons. The zero-order valence-electron chi connectivity index (χ0n) is 13.0. The molecule has 2 aromatic rings. The number of amides is 1. The van der Waals surface area contributed by atoms with Gasteiger partial charge >= 0.3 is 0 Å². The van der Waals surface area contributed by atoms with E-state index in [4.69, 9.17) is 0 Å². The molecule has 3 rings (SSSR count). The second-order valence-electron chi connectivity index (χ2n) is 5.72. The van der Waals surface area contributed by atoms with E-state index in [-0.39, 0.29) is 17.5 Å². The molecular formula is C16H19N5O2. The Morgan fingerprint density at radius 2 is 2.17 bits per heavy atom. The van der Waals surface area contributed by atoms with E-state index in [2.05, 4.69) is 19.9 Å². The van der Waals surface area contributed by atoms with Gasteiger partial charge in [-0.05, 0) is 25.6 Å². The molecule has 0 bridgehead atoms. The molecule has 1 amide bonds. The smallest absolute Gasteiger partial charge is 0.255 e. The summed E-state index contributed by atoms with van der Waals surface area (Å²) < 4.78 is 0. The maximum atomic E-state index is 12.4. The number of nitrogens with zero attached hydrogens (tertiary/aromatic N) is 4. The predicted molar refractivity (Wildman–Crippen MR) is 84.9 cm³/mol. The van der Waals surface area contributed by atoms with Crippen LogP contribution in [0.3, 0.4) is 0 Å². The zero-order chi connectivity index (χ0) is 16.2. The average molecular weight is 313 g/mol. The molecule has 120 valence electrons. The summed E-state index contributed by atoms with van der Waals surface area (Å²) in [5, 5.41) is 0. The third-order valence-corrected chi connectivity index (χ3v) is 4.12. The minimum absolute atomic E-state index is 0.0480. The van der Waals surface area contributed by atoms with Gasteiger partial charge in [0.05, 0.1) is 12.1 Å². The largest absolute Gasteiger partial charge is 0.337 e. The van der Waals surface area contributed by atoms with Crippen molar-refractivity contribution in [1.82, 2.24) is 24.8 Å². The van der Waals surface area contributed by atoms with Crippen molar-refractivity contribution in [2.24, 2.45) is 0 Å². The summed E-state index contributed by atoms with van der Waals surface area (Å²) in [6.45, 7) is 2.04. The van der Waals surface area contributed by atoms with Crippen LogP contribution in [-0.4, -0.2) is 56.8 Å². The molecule has 7 heteroatoms. The quantitative estimate of drug-likeness (QED) is 0.889. The van der Waals surface area contributed by atoms with E-state index >= 15 is 0 Å². The highest BCUT2D eigenvalue weighted by atomic mass is 16.2. The molecule has 3 heterocycles. The lowest BCUT2D eigenvalue weighted by Gasteiger charge is -2.23. The van der Waals surface area contributed by atoms with Crippen LogP contribution < -0.4 is 5.56 Å². The Morgan fingerprint density at radius 3 is 2.87 bits per heavy atom. The van der Waals surface area contributed by atoms with Gasteiger partial charge in [-0.3, -0.25) is 14.5 Å². The summed E-state index contributed by atoms with van der Waals surface area (Å²) in [5.74, 6) is 0.730. The van der Waals surface area contributed by atoms with E-state index in [1.54, 1.807) is 24.5 Å². The Morgan fingerprint density at radius 1 is 1.39 bits per heavy atom. The van der Waals surface area contributed by atoms with Crippen molar-refractivity contribution in [3.8, 4) is 0 Å². The van der Waals surface area contributed by atoms with Crippen LogP contribution in [0.15, 0.2) is 41.6 Å². The number of hydrogen-bond acceptors (Lipinski definition) is 5. The number of rotatable bonds is 4. The molecule has 0 aromatic carbocycles. The molecule has 23 heavy (non-hydrogen) atoms. The monoisotopic (exact) mass is 313 g/mol. The molecule has 1 aliphatic rings. The van der Waals surface area contributed by atoms with Crippen LogP contribution in [0.1, 0.15) is 22.6 Å². The number of nitrogens with one attached hydrogen (secondary N) is 1. The Hall–Kier alpha value is -2.54. The van der Waals surface area contributed by atoms with Gasteiger partial charge in [0.25, 0.3) is 5.91 Å². The topological polar surface area (TPSA) is 82.2 Å². The minimum atomic E-state index is -0.205. The third kappa shape index (κ3) is 3.62. The summed E-state index contributed by atoms with van der Waals surface area (Å²) in [4.78, 5) is 38.5. The van der Waals surface area contributed by atoms with Crippen LogP contribution in [-0.2, 0) is 6.54 Å². The summed E-state index contributed by atoms with van der Waals surface area (Å²) >= 11 is 0. The van der Waals surface area contributed by atoms with Crippen molar-refractivity contribution >= 4 is 5.91 Å². The molecule has 1 N–H and O–H groups in total. The Balaban J connectivity index is 1.60. The van der Waals surface area contributed by atoms with Crippen molar-refractivity contribution in [2.45, 2.75) is 19.0 Å². The zero-order valence-corrected chi connectivity index (χ0v) is 13.0. The van der Waals surface area contributed by atoms with Gasteiger partial charge in [-0.1, -0.05) is 0 Å². The summed E-state index contributed by atoms with van der Waals surface area (Å²) in [6.07, 6.45) is 5.85.